The maximum Gasteiger partial charge on any atom is 0.243 e. The van der Waals surface area contributed by atoms with Crippen molar-refractivity contribution in [1.29, 1.82) is 0 Å². The van der Waals surface area contributed by atoms with Crippen molar-refractivity contribution in [3.63, 3.8) is 0 Å². The maximum absolute atomic E-state index is 12.3. The summed E-state index contributed by atoms with van der Waals surface area (Å²) in [6.07, 6.45) is 1.11. The number of ether oxygens (including phenoxy) is 3. The molecule has 32 heavy (non-hydrogen) atoms. The SMILES string of the molecule is CCC(C)Oc1ccc(NC(=O)CNc2cccc(OCCOc3ccccc3)c2)cc1. The van der Waals surface area contributed by atoms with Gasteiger partial charge < -0.3 is 24.8 Å². The Kier molecular flexibility index (Phi) is 8.80. The van der Waals surface area contributed by atoms with Gasteiger partial charge >= 0.3 is 0 Å². The van der Waals surface area contributed by atoms with Gasteiger partial charge in [-0.2, -0.15) is 0 Å². The summed E-state index contributed by atoms with van der Waals surface area (Å²) in [5.41, 5.74) is 1.53. The van der Waals surface area contributed by atoms with E-state index in [9.17, 15) is 4.79 Å². The van der Waals surface area contributed by atoms with Crippen molar-refractivity contribution < 1.29 is 19.0 Å². The second-order valence-corrected chi connectivity index (χ2v) is 7.30. The maximum atomic E-state index is 12.3. The molecule has 168 valence electrons. The topological polar surface area (TPSA) is 68.8 Å². The van der Waals surface area contributed by atoms with Gasteiger partial charge in [0.25, 0.3) is 0 Å². The van der Waals surface area contributed by atoms with Gasteiger partial charge in [-0.15, -0.1) is 0 Å². The molecule has 1 amide bonds. The number of para-hydroxylation sites is 1. The van der Waals surface area contributed by atoms with E-state index in [1.807, 2.05) is 85.8 Å². The lowest BCUT2D eigenvalue weighted by molar-refractivity contribution is -0.114. The molecule has 0 aliphatic heterocycles. The number of hydrogen-bond acceptors (Lipinski definition) is 5. The molecule has 1 atom stereocenters. The molecule has 0 radical (unpaired) electrons. The molecule has 0 spiro atoms. The number of hydrogen-bond donors (Lipinski definition) is 2. The van der Waals surface area contributed by atoms with E-state index in [-0.39, 0.29) is 18.6 Å². The Hall–Kier alpha value is -3.67. The molecule has 1 unspecified atom stereocenters. The molecule has 0 saturated carbocycles. The highest BCUT2D eigenvalue weighted by atomic mass is 16.5. The van der Waals surface area contributed by atoms with Crippen LogP contribution in [0.1, 0.15) is 20.3 Å². The van der Waals surface area contributed by atoms with E-state index in [2.05, 4.69) is 17.6 Å². The number of anilines is 2. The zero-order valence-electron chi connectivity index (χ0n) is 18.5. The summed E-state index contributed by atoms with van der Waals surface area (Å²) in [7, 11) is 0. The van der Waals surface area contributed by atoms with Gasteiger partial charge in [0, 0.05) is 17.4 Å². The molecular weight excluding hydrogens is 404 g/mol. The first kappa shape index (κ1) is 23.0. The minimum absolute atomic E-state index is 0.136. The minimum atomic E-state index is -0.136. The van der Waals surface area contributed by atoms with Crippen molar-refractivity contribution in [1.82, 2.24) is 0 Å². The van der Waals surface area contributed by atoms with Crippen LogP contribution in [0.3, 0.4) is 0 Å². The number of carbonyl (C=O) groups excluding carboxylic acids is 1. The van der Waals surface area contributed by atoms with Gasteiger partial charge in [0.15, 0.2) is 0 Å². The Labute approximate surface area is 189 Å². The molecule has 0 saturated heterocycles. The lowest BCUT2D eigenvalue weighted by Crippen LogP contribution is -2.21. The number of benzene rings is 3. The van der Waals surface area contributed by atoms with Gasteiger partial charge in [-0.3, -0.25) is 4.79 Å². The second-order valence-electron chi connectivity index (χ2n) is 7.30. The number of carbonyl (C=O) groups is 1. The number of rotatable bonds is 12. The summed E-state index contributed by atoms with van der Waals surface area (Å²) >= 11 is 0. The third-order valence-corrected chi connectivity index (χ3v) is 4.70. The highest BCUT2D eigenvalue weighted by molar-refractivity contribution is 5.93. The zero-order chi connectivity index (χ0) is 22.6. The fourth-order valence-electron chi connectivity index (χ4n) is 2.85. The molecule has 0 aliphatic carbocycles. The Morgan fingerprint density at radius 3 is 2.22 bits per heavy atom. The second kappa shape index (κ2) is 12.2. The van der Waals surface area contributed by atoms with Gasteiger partial charge in [-0.25, -0.2) is 0 Å². The van der Waals surface area contributed by atoms with Crippen LogP contribution >= 0.6 is 0 Å². The van der Waals surface area contributed by atoms with E-state index >= 15 is 0 Å². The lowest BCUT2D eigenvalue weighted by Gasteiger charge is -2.13. The van der Waals surface area contributed by atoms with Crippen LogP contribution in [-0.4, -0.2) is 31.8 Å². The predicted molar refractivity (Wildman–Crippen MR) is 128 cm³/mol. The van der Waals surface area contributed by atoms with Gasteiger partial charge in [0.2, 0.25) is 5.91 Å². The molecular formula is C26H30N2O4. The molecule has 3 aromatic rings. The van der Waals surface area contributed by atoms with Gasteiger partial charge in [0.05, 0.1) is 12.6 Å². The molecule has 3 rings (SSSR count). The van der Waals surface area contributed by atoms with Crippen LogP contribution in [0, 0.1) is 0 Å². The van der Waals surface area contributed by atoms with E-state index in [0.29, 0.717) is 19.0 Å². The van der Waals surface area contributed by atoms with Crippen molar-refractivity contribution in [3.8, 4) is 17.2 Å². The van der Waals surface area contributed by atoms with Gasteiger partial charge in [0.1, 0.15) is 30.5 Å². The first-order valence-corrected chi connectivity index (χ1v) is 10.8. The molecule has 6 nitrogen and oxygen atoms in total. The molecule has 0 aromatic heterocycles. The Balaban J connectivity index is 1.39. The molecule has 3 aromatic carbocycles. The summed E-state index contributed by atoms with van der Waals surface area (Å²) in [5.74, 6) is 2.18. The Bertz CT molecular complexity index is 961. The van der Waals surface area contributed by atoms with Crippen LogP contribution < -0.4 is 24.8 Å². The van der Waals surface area contributed by atoms with E-state index in [0.717, 1.165) is 29.3 Å². The highest BCUT2D eigenvalue weighted by Gasteiger charge is 2.05. The van der Waals surface area contributed by atoms with Crippen LogP contribution in [0.2, 0.25) is 0 Å². The summed E-state index contributed by atoms with van der Waals surface area (Å²) in [6, 6.07) is 24.5. The van der Waals surface area contributed by atoms with Crippen molar-refractivity contribution in [3.05, 3.63) is 78.9 Å². The summed E-state index contributed by atoms with van der Waals surface area (Å²) in [4.78, 5) is 12.3. The van der Waals surface area contributed by atoms with Crippen LogP contribution in [0.5, 0.6) is 17.2 Å². The van der Waals surface area contributed by atoms with Crippen LogP contribution in [0.25, 0.3) is 0 Å². The van der Waals surface area contributed by atoms with Crippen molar-refractivity contribution >= 4 is 17.3 Å². The van der Waals surface area contributed by atoms with Gasteiger partial charge in [-0.05, 0) is 61.9 Å². The summed E-state index contributed by atoms with van der Waals surface area (Å²) in [6.45, 7) is 5.13. The largest absolute Gasteiger partial charge is 0.491 e. The number of nitrogens with one attached hydrogen (secondary N) is 2. The Morgan fingerprint density at radius 1 is 0.812 bits per heavy atom. The molecule has 0 aliphatic rings. The van der Waals surface area contributed by atoms with E-state index < -0.39 is 0 Å². The molecule has 0 bridgehead atoms. The first-order chi connectivity index (χ1) is 15.6. The normalized spacial score (nSPS) is 11.3. The van der Waals surface area contributed by atoms with Crippen molar-refractivity contribution in [2.45, 2.75) is 26.4 Å². The average Bonchev–Trinajstić information content (AvgIpc) is 2.83. The van der Waals surface area contributed by atoms with Crippen LogP contribution in [0.15, 0.2) is 78.9 Å². The predicted octanol–water partition coefficient (Wildman–Crippen LogP) is 5.37. The molecule has 6 heteroatoms. The van der Waals surface area contributed by atoms with E-state index in [1.165, 1.54) is 0 Å². The molecule has 0 heterocycles. The third-order valence-electron chi connectivity index (χ3n) is 4.70. The quantitative estimate of drug-likeness (QED) is 0.375. The van der Waals surface area contributed by atoms with E-state index in [4.69, 9.17) is 14.2 Å². The van der Waals surface area contributed by atoms with E-state index in [1.54, 1.807) is 0 Å². The van der Waals surface area contributed by atoms with Crippen LogP contribution in [-0.2, 0) is 4.79 Å². The third kappa shape index (κ3) is 7.87. The first-order valence-electron chi connectivity index (χ1n) is 10.8. The monoisotopic (exact) mass is 434 g/mol. The lowest BCUT2D eigenvalue weighted by atomic mass is 10.2. The number of amides is 1. The Morgan fingerprint density at radius 2 is 1.50 bits per heavy atom. The highest BCUT2D eigenvalue weighted by Crippen LogP contribution is 2.19. The minimum Gasteiger partial charge on any atom is -0.491 e. The van der Waals surface area contributed by atoms with Crippen molar-refractivity contribution in [2.24, 2.45) is 0 Å². The zero-order valence-corrected chi connectivity index (χ0v) is 18.5. The fourth-order valence-corrected chi connectivity index (χ4v) is 2.85. The van der Waals surface area contributed by atoms with Gasteiger partial charge in [-0.1, -0.05) is 31.2 Å². The molecule has 2 N–H and O–H groups in total. The molecule has 0 fully saturated rings. The summed E-state index contributed by atoms with van der Waals surface area (Å²) < 4.78 is 17.1. The standard InChI is InChI=1S/C26H30N2O4/c1-3-20(2)32-24-14-12-21(13-15-24)28-26(29)19-27-22-8-7-11-25(18-22)31-17-16-30-23-9-5-4-6-10-23/h4-15,18,20,27H,3,16-17,19H2,1-2H3,(H,28,29). The average molecular weight is 435 g/mol. The fraction of sp³-hybridized carbons (Fsp3) is 0.269. The van der Waals surface area contributed by atoms with Crippen molar-refractivity contribution in [2.75, 3.05) is 30.4 Å². The van der Waals surface area contributed by atoms with Crippen LogP contribution in [0.4, 0.5) is 11.4 Å². The smallest absolute Gasteiger partial charge is 0.243 e. The summed E-state index contributed by atoms with van der Waals surface area (Å²) in [5, 5.41) is 5.99.